The summed E-state index contributed by atoms with van der Waals surface area (Å²) >= 11 is 0. The quantitative estimate of drug-likeness (QED) is 0.256. The maximum Gasteiger partial charge on any atom is 0.239 e. The lowest BCUT2D eigenvalue weighted by Gasteiger charge is -2.16. The van der Waals surface area contributed by atoms with Crippen LogP contribution in [0, 0.1) is 6.92 Å². The summed E-state index contributed by atoms with van der Waals surface area (Å²) in [5.74, 6) is 1.98. The number of guanidine groups is 1. The Morgan fingerprint density at radius 3 is 2.84 bits per heavy atom. The molecule has 9 heteroatoms. The molecule has 0 aliphatic carbocycles. The van der Waals surface area contributed by atoms with Gasteiger partial charge >= 0.3 is 0 Å². The number of furan rings is 1. The van der Waals surface area contributed by atoms with E-state index >= 15 is 0 Å². The summed E-state index contributed by atoms with van der Waals surface area (Å²) in [6, 6.07) is 9.72. The number of ether oxygens (including phenoxy) is 2. The fourth-order valence-electron chi connectivity index (χ4n) is 3.02. The van der Waals surface area contributed by atoms with Crippen LogP contribution in [0.25, 0.3) is 0 Å². The molecular formula is C22H31IN4O4. The minimum absolute atomic E-state index is 0. The number of carbonyl (C=O) groups excluding carboxylic acids is 1. The van der Waals surface area contributed by atoms with Gasteiger partial charge in [-0.15, -0.1) is 24.0 Å². The lowest BCUT2D eigenvalue weighted by Crippen LogP contribution is -2.43. The molecule has 2 heterocycles. The van der Waals surface area contributed by atoms with E-state index in [9.17, 15) is 4.79 Å². The van der Waals surface area contributed by atoms with Crippen LogP contribution in [0.4, 0.5) is 0 Å². The van der Waals surface area contributed by atoms with E-state index in [0.29, 0.717) is 38.0 Å². The van der Waals surface area contributed by atoms with Crippen molar-refractivity contribution in [1.82, 2.24) is 16.0 Å². The Morgan fingerprint density at radius 2 is 2.13 bits per heavy atom. The molecule has 170 valence electrons. The third-order valence-corrected chi connectivity index (χ3v) is 4.61. The van der Waals surface area contributed by atoms with Crippen molar-refractivity contribution in [3.63, 3.8) is 0 Å². The van der Waals surface area contributed by atoms with Crippen molar-refractivity contribution < 1.29 is 18.7 Å². The van der Waals surface area contributed by atoms with E-state index in [1.54, 1.807) is 12.3 Å². The van der Waals surface area contributed by atoms with E-state index in [1.165, 1.54) is 0 Å². The van der Waals surface area contributed by atoms with Crippen molar-refractivity contribution in [2.45, 2.75) is 39.5 Å². The molecule has 2 aromatic rings. The summed E-state index contributed by atoms with van der Waals surface area (Å²) in [6.45, 7) is 6.98. The van der Waals surface area contributed by atoms with Crippen LogP contribution >= 0.6 is 24.0 Å². The molecule has 31 heavy (non-hydrogen) atoms. The number of nitrogens with one attached hydrogen (secondary N) is 3. The highest BCUT2D eigenvalue weighted by atomic mass is 127. The van der Waals surface area contributed by atoms with Gasteiger partial charge in [0.05, 0.1) is 39.1 Å². The summed E-state index contributed by atoms with van der Waals surface area (Å²) in [6.07, 6.45) is 2.56. The second kappa shape index (κ2) is 13.2. The van der Waals surface area contributed by atoms with Gasteiger partial charge in [-0.3, -0.25) is 4.79 Å². The summed E-state index contributed by atoms with van der Waals surface area (Å²) in [5, 5.41) is 9.02. The lowest BCUT2D eigenvalue weighted by atomic mass is 10.1. The van der Waals surface area contributed by atoms with E-state index in [2.05, 4.69) is 20.9 Å². The van der Waals surface area contributed by atoms with E-state index in [0.717, 1.165) is 29.9 Å². The van der Waals surface area contributed by atoms with Crippen molar-refractivity contribution in [2.24, 2.45) is 4.99 Å². The Kier molecular flexibility index (Phi) is 10.6. The number of aryl methyl sites for hydroxylation is 1. The van der Waals surface area contributed by atoms with Crippen LogP contribution in [0.3, 0.4) is 0 Å². The van der Waals surface area contributed by atoms with Crippen LogP contribution < -0.4 is 20.7 Å². The SMILES string of the molecule is CCNC(=NCc1ccc(C)cc1OC1CCOC1)NCC(=O)NCc1ccco1.I. The molecule has 0 radical (unpaired) electrons. The molecule has 1 unspecified atom stereocenters. The molecule has 1 atom stereocenters. The van der Waals surface area contributed by atoms with Gasteiger partial charge in [0.25, 0.3) is 0 Å². The number of halogens is 1. The molecule has 1 fully saturated rings. The molecular weight excluding hydrogens is 511 g/mol. The van der Waals surface area contributed by atoms with Crippen LogP contribution in [0.2, 0.25) is 0 Å². The standard InChI is InChI=1S/C22H30N4O4.HI/c1-3-23-22(26-14-21(27)24-13-18-5-4-9-29-18)25-12-17-7-6-16(2)11-20(17)30-19-8-10-28-15-19;/h4-7,9,11,19H,3,8,10,12-15H2,1-2H3,(H,24,27)(H2,23,25,26);1H. The Morgan fingerprint density at radius 1 is 1.26 bits per heavy atom. The zero-order valence-electron chi connectivity index (χ0n) is 18.0. The number of hydrogen-bond donors (Lipinski definition) is 3. The van der Waals surface area contributed by atoms with E-state index < -0.39 is 0 Å². The molecule has 3 rings (SSSR count). The van der Waals surface area contributed by atoms with Gasteiger partial charge in [0.2, 0.25) is 5.91 Å². The summed E-state index contributed by atoms with van der Waals surface area (Å²) in [4.78, 5) is 16.7. The first-order chi connectivity index (χ1) is 14.6. The molecule has 0 bridgehead atoms. The number of rotatable bonds is 9. The number of carbonyl (C=O) groups is 1. The minimum Gasteiger partial charge on any atom is -0.488 e. The maximum atomic E-state index is 12.1. The number of benzene rings is 1. The Bertz CT molecular complexity index is 836. The van der Waals surface area contributed by atoms with Crippen molar-refractivity contribution >= 4 is 35.8 Å². The number of amides is 1. The number of hydrogen-bond acceptors (Lipinski definition) is 5. The normalized spacial score (nSPS) is 15.8. The Balaban J connectivity index is 0.00000341. The minimum atomic E-state index is -0.141. The zero-order valence-corrected chi connectivity index (χ0v) is 20.3. The summed E-state index contributed by atoms with van der Waals surface area (Å²) < 4.78 is 16.8. The van der Waals surface area contributed by atoms with Crippen LogP contribution in [-0.4, -0.2) is 44.3 Å². The average Bonchev–Trinajstić information content (AvgIpc) is 3.44. The third-order valence-electron chi connectivity index (χ3n) is 4.61. The molecule has 1 aliphatic rings. The molecule has 3 N–H and O–H groups in total. The first-order valence-electron chi connectivity index (χ1n) is 10.3. The predicted molar refractivity (Wildman–Crippen MR) is 130 cm³/mol. The van der Waals surface area contributed by atoms with Crippen LogP contribution in [0.15, 0.2) is 46.0 Å². The highest BCUT2D eigenvalue weighted by molar-refractivity contribution is 14.0. The maximum absolute atomic E-state index is 12.1. The second-order valence-corrected chi connectivity index (χ2v) is 7.12. The Labute approximate surface area is 200 Å². The highest BCUT2D eigenvalue weighted by Gasteiger charge is 2.18. The largest absolute Gasteiger partial charge is 0.488 e. The van der Waals surface area contributed by atoms with Crippen molar-refractivity contribution in [1.29, 1.82) is 0 Å². The van der Waals surface area contributed by atoms with Crippen LogP contribution in [0.5, 0.6) is 5.75 Å². The monoisotopic (exact) mass is 542 g/mol. The third kappa shape index (κ3) is 8.41. The van der Waals surface area contributed by atoms with Gasteiger partial charge in [0.1, 0.15) is 17.6 Å². The van der Waals surface area contributed by atoms with Crippen LogP contribution in [-0.2, 0) is 22.6 Å². The first kappa shape index (κ1) is 25.0. The molecule has 0 saturated carbocycles. The van der Waals surface area contributed by atoms with Gasteiger partial charge in [-0.2, -0.15) is 0 Å². The predicted octanol–water partition coefficient (Wildman–Crippen LogP) is 2.75. The molecule has 8 nitrogen and oxygen atoms in total. The summed E-state index contributed by atoms with van der Waals surface area (Å²) in [5.41, 5.74) is 2.13. The van der Waals surface area contributed by atoms with Gasteiger partial charge in [0.15, 0.2) is 5.96 Å². The number of nitrogens with zero attached hydrogens (tertiary/aromatic N) is 1. The second-order valence-electron chi connectivity index (χ2n) is 7.12. The van der Waals surface area contributed by atoms with Gasteiger partial charge in [-0.25, -0.2) is 4.99 Å². The lowest BCUT2D eigenvalue weighted by molar-refractivity contribution is -0.120. The Hall–Kier alpha value is -2.27. The van der Waals surface area contributed by atoms with E-state index in [1.807, 2.05) is 38.1 Å². The molecule has 0 spiro atoms. The first-order valence-corrected chi connectivity index (χ1v) is 10.3. The van der Waals surface area contributed by atoms with E-state index in [4.69, 9.17) is 13.9 Å². The molecule has 1 aromatic carbocycles. The van der Waals surface area contributed by atoms with Crippen molar-refractivity contribution in [3.8, 4) is 5.75 Å². The molecule has 1 aliphatic heterocycles. The van der Waals surface area contributed by atoms with Crippen molar-refractivity contribution in [2.75, 3.05) is 26.3 Å². The van der Waals surface area contributed by atoms with Gasteiger partial charge in [0, 0.05) is 18.5 Å². The summed E-state index contributed by atoms with van der Waals surface area (Å²) in [7, 11) is 0. The smallest absolute Gasteiger partial charge is 0.239 e. The topological polar surface area (TPSA) is 97.1 Å². The van der Waals surface area contributed by atoms with Crippen molar-refractivity contribution in [3.05, 3.63) is 53.5 Å². The van der Waals surface area contributed by atoms with Gasteiger partial charge in [-0.1, -0.05) is 12.1 Å². The van der Waals surface area contributed by atoms with Crippen LogP contribution in [0.1, 0.15) is 30.2 Å². The molecule has 1 amide bonds. The highest BCUT2D eigenvalue weighted by Crippen LogP contribution is 2.24. The zero-order chi connectivity index (χ0) is 21.2. The molecule has 1 saturated heterocycles. The van der Waals surface area contributed by atoms with E-state index in [-0.39, 0.29) is 42.5 Å². The number of aliphatic imine (C=N–C) groups is 1. The average molecular weight is 542 g/mol. The van der Waals surface area contributed by atoms with Gasteiger partial charge < -0.3 is 29.8 Å². The fourth-order valence-corrected chi connectivity index (χ4v) is 3.02. The fraction of sp³-hybridized carbons (Fsp3) is 0.455. The van der Waals surface area contributed by atoms with Gasteiger partial charge in [-0.05, 0) is 37.6 Å². The molecule has 1 aromatic heterocycles.